The molecule has 0 amide bonds. The Bertz CT molecular complexity index is 363. The lowest BCUT2D eigenvalue weighted by molar-refractivity contribution is -0.106. The third kappa shape index (κ3) is 3.06. The van der Waals surface area contributed by atoms with E-state index in [0.717, 1.165) is 5.56 Å². The summed E-state index contributed by atoms with van der Waals surface area (Å²) in [6.07, 6.45) is 1.22. The molecule has 2 N–H and O–H groups in total. The van der Waals surface area contributed by atoms with E-state index in [-0.39, 0.29) is 6.61 Å². The van der Waals surface area contributed by atoms with Gasteiger partial charge in [-0.05, 0) is 11.6 Å². The minimum absolute atomic E-state index is 0.225. The van der Waals surface area contributed by atoms with Crippen LogP contribution in [0.15, 0.2) is 42.7 Å². The van der Waals surface area contributed by atoms with Gasteiger partial charge in [0.15, 0.2) is 0 Å². The largest absolute Gasteiger partial charge is 0.493 e. The molecule has 1 aromatic rings. The maximum absolute atomic E-state index is 9.85. The number of ether oxygens (including phenoxy) is 2. The minimum Gasteiger partial charge on any atom is -0.493 e. The van der Waals surface area contributed by atoms with Crippen LogP contribution < -0.4 is 0 Å². The Morgan fingerprint density at radius 1 is 1.24 bits per heavy atom. The molecule has 0 aromatic heterocycles. The van der Waals surface area contributed by atoms with Crippen molar-refractivity contribution in [2.75, 3.05) is 6.61 Å². The first-order valence-corrected chi connectivity index (χ1v) is 5.58. The van der Waals surface area contributed by atoms with Crippen LogP contribution in [-0.4, -0.2) is 35.1 Å². The van der Waals surface area contributed by atoms with Gasteiger partial charge in [-0.1, -0.05) is 30.3 Å². The minimum atomic E-state index is -0.839. The molecule has 4 nitrogen and oxygen atoms in total. The van der Waals surface area contributed by atoms with Crippen molar-refractivity contribution in [1.29, 1.82) is 0 Å². The van der Waals surface area contributed by atoms with Crippen molar-refractivity contribution in [3.8, 4) is 0 Å². The first-order chi connectivity index (χ1) is 8.31. The molecule has 1 heterocycles. The van der Waals surface area contributed by atoms with Crippen molar-refractivity contribution < 1.29 is 19.7 Å². The number of aliphatic hydroxyl groups excluding tert-OH is 2. The van der Waals surface area contributed by atoms with Gasteiger partial charge in [-0.15, -0.1) is 0 Å². The molecule has 0 fully saturated rings. The molecule has 0 saturated carbocycles. The summed E-state index contributed by atoms with van der Waals surface area (Å²) in [5.41, 5.74) is 1.04. The molecular formula is C13H16O4. The normalized spacial score (nSPS) is 27.8. The zero-order valence-corrected chi connectivity index (χ0v) is 9.40. The van der Waals surface area contributed by atoms with E-state index in [1.54, 1.807) is 6.08 Å². The lowest BCUT2D eigenvalue weighted by Gasteiger charge is -2.29. The zero-order chi connectivity index (χ0) is 12.1. The second kappa shape index (κ2) is 5.82. The van der Waals surface area contributed by atoms with Crippen LogP contribution in [0.1, 0.15) is 5.56 Å². The topological polar surface area (TPSA) is 58.9 Å². The fourth-order valence-corrected chi connectivity index (χ4v) is 1.70. The van der Waals surface area contributed by atoms with Crippen LogP contribution in [0.2, 0.25) is 0 Å². The molecule has 0 radical (unpaired) electrons. The van der Waals surface area contributed by atoms with Crippen molar-refractivity contribution in [2.24, 2.45) is 0 Å². The number of benzene rings is 1. The van der Waals surface area contributed by atoms with Gasteiger partial charge in [-0.2, -0.15) is 0 Å². The summed E-state index contributed by atoms with van der Waals surface area (Å²) in [6, 6.07) is 9.73. The average Bonchev–Trinajstić information content (AvgIpc) is 2.39. The van der Waals surface area contributed by atoms with Gasteiger partial charge in [0.1, 0.15) is 18.3 Å². The van der Waals surface area contributed by atoms with Crippen molar-refractivity contribution in [2.45, 2.75) is 24.9 Å². The molecule has 2 rings (SSSR count). The standard InChI is InChI=1S/C13H16O4/c14-8-12-13(15)11(6-7-16-12)17-9-10-4-2-1-3-5-10/h1-7,11-15H,8-9H2. The van der Waals surface area contributed by atoms with E-state index in [4.69, 9.17) is 14.6 Å². The summed E-state index contributed by atoms with van der Waals surface area (Å²) < 4.78 is 10.6. The summed E-state index contributed by atoms with van der Waals surface area (Å²) in [5, 5.41) is 18.8. The van der Waals surface area contributed by atoms with E-state index in [9.17, 15) is 5.11 Å². The molecule has 1 aliphatic rings. The molecule has 0 aliphatic carbocycles. The molecule has 0 bridgehead atoms. The van der Waals surface area contributed by atoms with Crippen LogP contribution in [-0.2, 0) is 16.1 Å². The zero-order valence-electron chi connectivity index (χ0n) is 9.40. The van der Waals surface area contributed by atoms with Gasteiger partial charge in [-0.25, -0.2) is 0 Å². The van der Waals surface area contributed by atoms with E-state index in [1.807, 2.05) is 30.3 Å². The highest BCUT2D eigenvalue weighted by molar-refractivity contribution is 5.13. The molecule has 1 aliphatic heterocycles. The highest BCUT2D eigenvalue weighted by Gasteiger charge is 2.30. The number of hydrogen-bond acceptors (Lipinski definition) is 4. The van der Waals surface area contributed by atoms with Crippen molar-refractivity contribution in [1.82, 2.24) is 0 Å². The summed E-state index contributed by atoms with van der Waals surface area (Å²) >= 11 is 0. The monoisotopic (exact) mass is 236 g/mol. The van der Waals surface area contributed by atoms with E-state index < -0.39 is 18.3 Å². The first-order valence-electron chi connectivity index (χ1n) is 5.58. The highest BCUT2D eigenvalue weighted by atomic mass is 16.5. The van der Waals surface area contributed by atoms with Gasteiger partial charge < -0.3 is 19.7 Å². The van der Waals surface area contributed by atoms with Gasteiger partial charge in [0.05, 0.1) is 19.5 Å². The van der Waals surface area contributed by atoms with Crippen LogP contribution >= 0.6 is 0 Å². The Labute approximate surface area is 100 Å². The van der Waals surface area contributed by atoms with Gasteiger partial charge in [0.2, 0.25) is 0 Å². The van der Waals surface area contributed by atoms with E-state index in [0.29, 0.717) is 6.61 Å². The molecular weight excluding hydrogens is 220 g/mol. The average molecular weight is 236 g/mol. The van der Waals surface area contributed by atoms with Crippen molar-refractivity contribution >= 4 is 0 Å². The maximum atomic E-state index is 9.85. The lowest BCUT2D eigenvalue weighted by Crippen LogP contribution is -2.43. The summed E-state index contributed by atoms with van der Waals surface area (Å²) in [4.78, 5) is 0. The molecule has 0 saturated heterocycles. The van der Waals surface area contributed by atoms with Crippen LogP contribution in [0.5, 0.6) is 0 Å². The molecule has 4 heteroatoms. The molecule has 17 heavy (non-hydrogen) atoms. The second-order valence-corrected chi connectivity index (χ2v) is 3.94. The van der Waals surface area contributed by atoms with E-state index in [2.05, 4.69) is 0 Å². The molecule has 0 spiro atoms. The van der Waals surface area contributed by atoms with Gasteiger partial charge in [-0.3, -0.25) is 0 Å². The summed E-state index contributed by atoms with van der Waals surface area (Å²) in [6.45, 7) is 0.196. The van der Waals surface area contributed by atoms with Crippen LogP contribution in [0.4, 0.5) is 0 Å². The smallest absolute Gasteiger partial charge is 0.149 e. The predicted octanol–water partition coefficient (Wildman–Crippen LogP) is 0.837. The fourth-order valence-electron chi connectivity index (χ4n) is 1.70. The third-order valence-electron chi connectivity index (χ3n) is 2.70. The lowest BCUT2D eigenvalue weighted by atomic mass is 10.1. The second-order valence-electron chi connectivity index (χ2n) is 3.94. The van der Waals surface area contributed by atoms with Gasteiger partial charge in [0, 0.05) is 0 Å². The van der Waals surface area contributed by atoms with Crippen LogP contribution in [0.3, 0.4) is 0 Å². The quantitative estimate of drug-likeness (QED) is 0.813. The van der Waals surface area contributed by atoms with Crippen molar-refractivity contribution in [3.63, 3.8) is 0 Å². The molecule has 92 valence electrons. The predicted molar refractivity (Wildman–Crippen MR) is 62.1 cm³/mol. The Balaban J connectivity index is 1.91. The van der Waals surface area contributed by atoms with Gasteiger partial charge >= 0.3 is 0 Å². The first kappa shape index (κ1) is 12.1. The summed E-state index contributed by atoms with van der Waals surface area (Å²) in [7, 11) is 0. The highest BCUT2D eigenvalue weighted by Crippen LogP contribution is 2.16. The Hall–Kier alpha value is -1.36. The number of hydrogen-bond donors (Lipinski definition) is 2. The Morgan fingerprint density at radius 3 is 2.71 bits per heavy atom. The SMILES string of the molecule is OCC1OC=CC(OCc2ccccc2)C1O. The van der Waals surface area contributed by atoms with E-state index in [1.165, 1.54) is 6.26 Å². The Kier molecular flexibility index (Phi) is 4.14. The molecule has 3 unspecified atom stereocenters. The summed E-state index contributed by atoms with van der Waals surface area (Å²) in [5.74, 6) is 0. The fraction of sp³-hybridized carbons (Fsp3) is 0.385. The molecule has 1 aromatic carbocycles. The molecule has 3 atom stereocenters. The number of rotatable bonds is 4. The Morgan fingerprint density at radius 2 is 2.00 bits per heavy atom. The number of aliphatic hydroxyl groups is 2. The van der Waals surface area contributed by atoms with Crippen LogP contribution in [0, 0.1) is 0 Å². The van der Waals surface area contributed by atoms with Gasteiger partial charge in [0.25, 0.3) is 0 Å². The van der Waals surface area contributed by atoms with Crippen molar-refractivity contribution in [3.05, 3.63) is 48.2 Å². The maximum Gasteiger partial charge on any atom is 0.149 e. The van der Waals surface area contributed by atoms with Crippen LogP contribution in [0.25, 0.3) is 0 Å². The van der Waals surface area contributed by atoms with E-state index >= 15 is 0 Å². The third-order valence-corrected chi connectivity index (χ3v) is 2.70.